The van der Waals surface area contributed by atoms with Gasteiger partial charge in [-0.1, -0.05) is 24.3 Å². The standard InChI is InChI=1S/C13H14O2/c1-15-11-6-4-5-10(9-11)12-7-2-3-8-13(12)14/h2-6,9,12H,7-8H2,1H3. The van der Waals surface area contributed by atoms with Crippen LogP contribution in [0.3, 0.4) is 0 Å². The Morgan fingerprint density at radius 1 is 1.33 bits per heavy atom. The summed E-state index contributed by atoms with van der Waals surface area (Å²) in [5, 5.41) is 0. The quantitative estimate of drug-likeness (QED) is 0.689. The maximum atomic E-state index is 11.7. The van der Waals surface area contributed by atoms with E-state index >= 15 is 0 Å². The van der Waals surface area contributed by atoms with Crippen LogP contribution in [0.15, 0.2) is 36.4 Å². The van der Waals surface area contributed by atoms with Crippen LogP contribution in [-0.2, 0) is 4.79 Å². The van der Waals surface area contributed by atoms with Gasteiger partial charge in [-0.15, -0.1) is 0 Å². The van der Waals surface area contributed by atoms with Crippen LogP contribution in [0.25, 0.3) is 0 Å². The van der Waals surface area contributed by atoms with E-state index in [1.807, 2.05) is 30.3 Å². The van der Waals surface area contributed by atoms with Crippen molar-refractivity contribution < 1.29 is 9.53 Å². The van der Waals surface area contributed by atoms with Crippen LogP contribution in [-0.4, -0.2) is 12.9 Å². The van der Waals surface area contributed by atoms with Crippen LogP contribution in [0.1, 0.15) is 24.3 Å². The lowest BCUT2D eigenvalue weighted by molar-refractivity contribution is -0.119. The second-order valence-corrected chi connectivity index (χ2v) is 3.71. The van der Waals surface area contributed by atoms with Gasteiger partial charge in [-0.05, 0) is 24.1 Å². The maximum absolute atomic E-state index is 11.7. The van der Waals surface area contributed by atoms with Gasteiger partial charge in [0.15, 0.2) is 0 Å². The fraction of sp³-hybridized carbons (Fsp3) is 0.308. The summed E-state index contributed by atoms with van der Waals surface area (Å²) in [6.07, 6.45) is 5.39. The summed E-state index contributed by atoms with van der Waals surface area (Å²) < 4.78 is 5.15. The van der Waals surface area contributed by atoms with Gasteiger partial charge in [-0.3, -0.25) is 4.79 Å². The zero-order chi connectivity index (χ0) is 10.7. The fourth-order valence-electron chi connectivity index (χ4n) is 1.89. The molecule has 0 amide bonds. The van der Waals surface area contributed by atoms with Gasteiger partial charge in [-0.25, -0.2) is 0 Å². The molecule has 1 aliphatic carbocycles. The van der Waals surface area contributed by atoms with Crippen LogP contribution >= 0.6 is 0 Å². The Balaban J connectivity index is 2.28. The average molecular weight is 202 g/mol. The van der Waals surface area contributed by atoms with Crippen molar-refractivity contribution in [3.05, 3.63) is 42.0 Å². The molecule has 0 spiro atoms. The molecule has 15 heavy (non-hydrogen) atoms. The van der Waals surface area contributed by atoms with E-state index in [1.54, 1.807) is 7.11 Å². The molecule has 1 atom stereocenters. The number of hydrogen-bond donors (Lipinski definition) is 0. The largest absolute Gasteiger partial charge is 0.497 e. The Labute approximate surface area is 89.6 Å². The summed E-state index contributed by atoms with van der Waals surface area (Å²) in [4.78, 5) is 11.7. The SMILES string of the molecule is COc1cccc(C2CC=CCC2=O)c1. The second-order valence-electron chi connectivity index (χ2n) is 3.71. The summed E-state index contributed by atoms with van der Waals surface area (Å²) in [7, 11) is 1.64. The van der Waals surface area contributed by atoms with Crippen LogP contribution in [0.5, 0.6) is 5.75 Å². The molecule has 2 heteroatoms. The molecule has 0 N–H and O–H groups in total. The number of carbonyl (C=O) groups excluding carboxylic acids is 1. The highest BCUT2D eigenvalue weighted by Crippen LogP contribution is 2.28. The van der Waals surface area contributed by atoms with Crippen LogP contribution in [0, 0.1) is 0 Å². The molecule has 0 aromatic heterocycles. The van der Waals surface area contributed by atoms with Crippen molar-refractivity contribution in [2.24, 2.45) is 0 Å². The van der Waals surface area contributed by atoms with Gasteiger partial charge in [0.1, 0.15) is 11.5 Å². The molecule has 0 radical (unpaired) electrons. The molecular formula is C13H14O2. The monoisotopic (exact) mass is 202 g/mol. The zero-order valence-electron chi connectivity index (χ0n) is 8.77. The molecule has 0 bridgehead atoms. The normalized spacial score (nSPS) is 20.3. The first-order valence-electron chi connectivity index (χ1n) is 5.13. The van der Waals surface area contributed by atoms with E-state index in [-0.39, 0.29) is 5.92 Å². The minimum Gasteiger partial charge on any atom is -0.497 e. The van der Waals surface area contributed by atoms with Gasteiger partial charge in [0.25, 0.3) is 0 Å². The van der Waals surface area contributed by atoms with Gasteiger partial charge in [-0.2, -0.15) is 0 Å². The Morgan fingerprint density at radius 2 is 2.20 bits per heavy atom. The van der Waals surface area contributed by atoms with Gasteiger partial charge in [0, 0.05) is 12.3 Å². The Kier molecular flexibility index (Phi) is 2.86. The lowest BCUT2D eigenvalue weighted by atomic mass is 9.86. The molecule has 78 valence electrons. The maximum Gasteiger partial charge on any atom is 0.144 e. The Bertz CT molecular complexity index is 393. The van der Waals surface area contributed by atoms with Gasteiger partial charge in [0.2, 0.25) is 0 Å². The fourth-order valence-corrected chi connectivity index (χ4v) is 1.89. The topological polar surface area (TPSA) is 26.3 Å². The van der Waals surface area contributed by atoms with Gasteiger partial charge < -0.3 is 4.74 Å². The predicted molar refractivity (Wildman–Crippen MR) is 59.1 cm³/mol. The summed E-state index contributed by atoms with van der Waals surface area (Å²) >= 11 is 0. The number of methoxy groups -OCH3 is 1. The van der Waals surface area contributed by atoms with E-state index in [0.29, 0.717) is 12.2 Å². The van der Waals surface area contributed by atoms with Crippen LogP contribution in [0.4, 0.5) is 0 Å². The molecule has 1 unspecified atom stereocenters. The van der Waals surface area contributed by atoms with Crippen molar-refractivity contribution >= 4 is 5.78 Å². The number of ether oxygens (including phenoxy) is 1. The Hall–Kier alpha value is -1.57. The molecule has 0 fully saturated rings. The van der Waals surface area contributed by atoms with Gasteiger partial charge >= 0.3 is 0 Å². The first-order chi connectivity index (χ1) is 7.31. The zero-order valence-corrected chi connectivity index (χ0v) is 8.77. The first kappa shape index (κ1) is 9.97. The van der Waals surface area contributed by atoms with Crippen molar-refractivity contribution in [3.63, 3.8) is 0 Å². The summed E-state index contributed by atoms with van der Waals surface area (Å²) in [5.41, 5.74) is 1.06. The van der Waals surface area contributed by atoms with E-state index in [4.69, 9.17) is 4.74 Å². The third-order valence-electron chi connectivity index (χ3n) is 2.74. The summed E-state index contributed by atoms with van der Waals surface area (Å²) in [5.74, 6) is 1.13. The number of ketones is 1. The lowest BCUT2D eigenvalue weighted by Crippen LogP contribution is -2.13. The molecule has 0 saturated carbocycles. The van der Waals surface area contributed by atoms with Crippen LogP contribution < -0.4 is 4.74 Å². The van der Waals surface area contributed by atoms with E-state index in [2.05, 4.69) is 6.08 Å². The van der Waals surface area contributed by atoms with Crippen molar-refractivity contribution in [3.8, 4) is 5.75 Å². The van der Waals surface area contributed by atoms with Crippen LogP contribution in [0.2, 0.25) is 0 Å². The number of rotatable bonds is 2. The average Bonchev–Trinajstić information content (AvgIpc) is 2.30. The molecule has 0 aliphatic heterocycles. The van der Waals surface area contributed by atoms with Gasteiger partial charge in [0.05, 0.1) is 7.11 Å². The van der Waals surface area contributed by atoms with Crippen molar-refractivity contribution in [1.82, 2.24) is 0 Å². The number of benzene rings is 1. The first-order valence-corrected chi connectivity index (χ1v) is 5.13. The number of allylic oxidation sites excluding steroid dienone is 2. The molecule has 0 saturated heterocycles. The third kappa shape index (κ3) is 2.09. The number of hydrogen-bond acceptors (Lipinski definition) is 2. The number of carbonyl (C=O) groups is 1. The Morgan fingerprint density at radius 3 is 2.93 bits per heavy atom. The molecule has 1 aromatic carbocycles. The van der Waals surface area contributed by atoms with Crippen molar-refractivity contribution in [2.75, 3.05) is 7.11 Å². The molecule has 2 rings (SSSR count). The molecule has 1 aliphatic rings. The molecule has 0 heterocycles. The minimum atomic E-state index is 0.0186. The predicted octanol–water partition coefficient (Wildman–Crippen LogP) is 2.70. The smallest absolute Gasteiger partial charge is 0.144 e. The summed E-state index contributed by atoms with van der Waals surface area (Å²) in [6.45, 7) is 0. The van der Waals surface area contributed by atoms with E-state index < -0.39 is 0 Å². The summed E-state index contributed by atoms with van der Waals surface area (Å²) in [6, 6.07) is 7.76. The molecule has 2 nitrogen and oxygen atoms in total. The lowest BCUT2D eigenvalue weighted by Gasteiger charge is -2.17. The highest BCUT2D eigenvalue weighted by molar-refractivity contribution is 5.88. The minimum absolute atomic E-state index is 0.0186. The highest BCUT2D eigenvalue weighted by atomic mass is 16.5. The third-order valence-corrected chi connectivity index (χ3v) is 2.74. The van der Waals surface area contributed by atoms with E-state index in [0.717, 1.165) is 17.7 Å². The van der Waals surface area contributed by atoms with E-state index in [1.165, 1.54) is 0 Å². The second kappa shape index (κ2) is 4.30. The molecule has 1 aromatic rings. The molecular weight excluding hydrogens is 188 g/mol. The van der Waals surface area contributed by atoms with Crippen molar-refractivity contribution in [2.45, 2.75) is 18.8 Å². The van der Waals surface area contributed by atoms with Crippen molar-refractivity contribution in [1.29, 1.82) is 0 Å². The highest BCUT2D eigenvalue weighted by Gasteiger charge is 2.20. The van der Waals surface area contributed by atoms with E-state index in [9.17, 15) is 4.79 Å². The number of Topliss-reactive ketones (excluding diaryl/α,β-unsaturated/α-hetero) is 1.